The minimum absolute atomic E-state index is 0.00719. The van der Waals surface area contributed by atoms with E-state index >= 15 is 0 Å². The Morgan fingerprint density at radius 3 is 2.28 bits per heavy atom. The van der Waals surface area contributed by atoms with Gasteiger partial charge in [0, 0.05) is 12.0 Å². The molecule has 0 aromatic carbocycles. The van der Waals surface area contributed by atoms with E-state index in [2.05, 4.69) is 5.32 Å². The van der Waals surface area contributed by atoms with Gasteiger partial charge in [0.25, 0.3) is 0 Å². The van der Waals surface area contributed by atoms with Crippen molar-refractivity contribution in [3.8, 4) is 0 Å². The van der Waals surface area contributed by atoms with Crippen molar-refractivity contribution >= 4 is 11.9 Å². The number of esters is 1. The highest BCUT2D eigenvalue weighted by Gasteiger charge is 2.25. The summed E-state index contributed by atoms with van der Waals surface area (Å²) >= 11 is 0. The second-order valence-corrected chi connectivity index (χ2v) is 5.92. The van der Waals surface area contributed by atoms with Crippen LogP contribution in [0.5, 0.6) is 0 Å². The molecule has 0 aromatic rings. The summed E-state index contributed by atoms with van der Waals surface area (Å²) in [5.74, 6) is -0.469. The van der Waals surface area contributed by atoms with Gasteiger partial charge in [0.1, 0.15) is 12.1 Å². The van der Waals surface area contributed by atoms with E-state index in [1.165, 1.54) is 0 Å². The normalized spacial score (nSPS) is 24.4. The third-order valence-electron chi connectivity index (χ3n) is 2.97. The fourth-order valence-electron chi connectivity index (χ4n) is 2.06. The lowest BCUT2D eigenvalue weighted by atomic mass is 9.86. The van der Waals surface area contributed by atoms with Crippen LogP contribution in [-0.4, -0.2) is 30.1 Å². The molecule has 5 heteroatoms. The van der Waals surface area contributed by atoms with Crippen LogP contribution in [0, 0.1) is 5.92 Å². The number of ether oxygens (including phenoxy) is 1. The van der Waals surface area contributed by atoms with Crippen molar-refractivity contribution in [2.45, 2.75) is 58.1 Å². The van der Waals surface area contributed by atoms with Crippen LogP contribution in [0.3, 0.4) is 0 Å². The maximum Gasteiger partial charge on any atom is 0.325 e. The van der Waals surface area contributed by atoms with Crippen LogP contribution < -0.4 is 11.1 Å². The van der Waals surface area contributed by atoms with Crippen molar-refractivity contribution in [3.63, 3.8) is 0 Å². The number of rotatable bonds is 3. The molecule has 3 N–H and O–H groups in total. The van der Waals surface area contributed by atoms with Gasteiger partial charge in [-0.2, -0.15) is 0 Å². The van der Waals surface area contributed by atoms with E-state index in [9.17, 15) is 9.59 Å². The van der Waals surface area contributed by atoms with Crippen LogP contribution >= 0.6 is 0 Å². The monoisotopic (exact) mass is 256 g/mol. The molecule has 1 fully saturated rings. The summed E-state index contributed by atoms with van der Waals surface area (Å²) in [5.41, 5.74) is 5.27. The Morgan fingerprint density at radius 1 is 1.22 bits per heavy atom. The molecule has 0 atom stereocenters. The van der Waals surface area contributed by atoms with E-state index in [4.69, 9.17) is 10.5 Å². The summed E-state index contributed by atoms with van der Waals surface area (Å²) in [6, 6.07) is 0.222. The van der Waals surface area contributed by atoms with Crippen LogP contribution in [0.4, 0.5) is 0 Å². The van der Waals surface area contributed by atoms with Gasteiger partial charge in [-0.05, 0) is 46.5 Å². The summed E-state index contributed by atoms with van der Waals surface area (Å²) in [7, 11) is 0. The first-order valence-electron chi connectivity index (χ1n) is 6.53. The predicted molar refractivity (Wildman–Crippen MR) is 68.8 cm³/mol. The predicted octanol–water partition coefficient (Wildman–Crippen LogP) is 0.962. The molecule has 0 aromatic heterocycles. The van der Waals surface area contributed by atoms with Crippen molar-refractivity contribution in [1.82, 2.24) is 5.32 Å². The lowest BCUT2D eigenvalue weighted by Crippen LogP contribution is -2.40. The van der Waals surface area contributed by atoms with Gasteiger partial charge >= 0.3 is 5.97 Å². The number of amides is 1. The van der Waals surface area contributed by atoms with Gasteiger partial charge in [0.2, 0.25) is 5.91 Å². The topological polar surface area (TPSA) is 81.4 Å². The van der Waals surface area contributed by atoms with Gasteiger partial charge in [0.15, 0.2) is 0 Å². The first kappa shape index (κ1) is 15.0. The molecule has 0 saturated heterocycles. The van der Waals surface area contributed by atoms with E-state index in [1.807, 2.05) is 0 Å². The minimum atomic E-state index is -0.514. The van der Waals surface area contributed by atoms with Crippen LogP contribution in [0.2, 0.25) is 0 Å². The Hall–Kier alpha value is -1.10. The SMILES string of the molecule is CC(C)(C)OC(=O)CNC(=O)C1CCC(N)CC1. The van der Waals surface area contributed by atoms with Gasteiger partial charge in [-0.3, -0.25) is 9.59 Å². The molecule has 0 heterocycles. The average Bonchev–Trinajstić information content (AvgIpc) is 2.24. The zero-order valence-electron chi connectivity index (χ0n) is 11.5. The average molecular weight is 256 g/mol. The number of hydrogen-bond donors (Lipinski definition) is 2. The maximum absolute atomic E-state index is 11.8. The van der Waals surface area contributed by atoms with Crippen molar-refractivity contribution in [2.24, 2.45) is 11.7 Å². The van der Waals surface area contributed by atoms with Gasteiger partial charge in [-0.15, -0.1) is 0 Å². The third kappa shape index (κ3) is 5.49. The summed E-state index contributed by atoms with van der Waals surface area (Å²) in [5, 5.41) is 2.64. The number of carbonyl (C=O) groups excluding carboxylic acids is 2. The molecule has 0 radical (unpaired) electrons. The quantitative estimate of drug-likeness (QED) is 0.737. The lowest BCUT2D eigenvalue weighted by molar-refractivity contribution is -0.154. The molecule has 1 saturated carbocycles. The Balaban J connectivity index is 2.27. The number of nitrogens with two attached hydrogens (primary N) is 1. The van der Waals surface area contributed by atoms with Crippen LogP contribution in [0.25, 0.3) is 0 Å². The molecule has 0 aliphatic heterocycles. The van der Waals surface area contributed by atoms with Gasteiger partial charge in [-0.1, -0.05) is 0 Å². The van der Waals surface area contributed by atoms with E-state index in [0.717, 1.165) is 25.7 Å². The third-order valence-corrected chi connectivity index (χ3v) is 2.97. The molecule has 104 valence electrons. The molecule has 0 spiro atoms. The minimum Gasteiger partial charge on any atom is -0.459 e. The Labute approximate surface area is 108 Å². The van der Waals surface area contributed by atoms with Crippen molar-refractivity contribution in [3.05, 3.63) is 0 Å². The summed E-state index contributed by atoms with van der Waals surface area (Å²) in [4.78, 5) is 23.3. The molecule has 5 nitrogen and oxygen atoms in total. The van der Waals surface area contributed by atoms with Crippen LogP contribution in [0.15, 0.2) is 0 Å². The smallest absolute Gasteiger partial charge is 0.325 e. The zero-order valence-corrected chi connectivity index (χ0v) is 11.5. The molecule has 1 amide bonds. The molecular formula is C13H24N2O3. The van der Waals surface area contributed by atoms with Gasteiger partial charge < -0.3 is 15.8 Å². The second kappa shape index (κ2) is 6.18. The number of nitrogens with one attached hydrogen (secondary N) is 1. The largest absolute Gasteiger partial charge is 0.459 e. The fourth-order valence-corrected chi connectivity index (χ4v) is 2.06. The first-order chi connectivity index (χ1) is 8.28. The van der Waals surface area contributed by atoms with E-state index in [-0.39, 0.29) is 24.4 Å². The second-order valence-electron chi connectivity index (χ2n) is 5.92. The molecule has 1 aliphatic rings. The molecule has 0 bridgehead atoms. The van der Waals surface area contributed by atoms with Gasteiger partial charge in [-0.25, -0.2) is 0 Å². The fraction of sp³-hybridized carbons (Fsp3) is 0.846. The zero-order chi connectivity index (χ0) is 13.8. The van der Waals surface area contributed by atoms with Crippen molar-refractivity contribution in [1.29, 1.82) is 0 Å². The molecule has 1 aliphatic carbocycles. The van der Waals surface area contributed by atoms with Crippen molar-refractivity contribution < 1.29 is 14.3 Å². The summed E-state index contributed by atoms with van der Waals surface area (Å²) < 4.78 is 5.12. The van der Waals surface area contributed by atoms with E-state index in [0.29, 0.717) is 0 Å². The summed E-state index contributed by atoms with van der Waals surface area (Å²) in [6.07, 6.45) is 3.37. The highest BCUT2D eigenvalue weighted by Crippen LogP contribution is 2.23. The lowest BCUT2D eigenvalue weighted by Gasteiger charge is -2.25. The first-order valence-corrected chi connectivity index (χ1v) is 6.53. The number of hydrogen-bond acceptors (Lipinski definition) is 4. The molecule has 0 unspecified atom stereocenters. The Morgan fingerprint density at radius 2 is 1.78 bits per heavy atom. The standard InChI is InChI=1S/C13H24N2O3/c1-13(2,3)18-11(16)8-15-12(17)9-4-6-10(14)7-5-9/h9-10H,4-8,14H2,1-3H3,(H,15,17). The molecule has 18 heavy (non-hydrogen) atoms. The maximum atomic E-state index is 11.8. The summed E-state index contributed by atoms with van der Waals surface area (Å²) in [6.45, 7) is 5.35. The Bertz CT molecular complexity index is 302. The van der Waals surface area contributed by atoms with Crippen LogP contribution in [-0.2, 0) is 14.3 Å². The highest BCUT2D eigenvalue weighted by molar-refractivity contribution is 5.83. The molecule has 1 rings (SSSR count). The van der Waals surface area contributed by atoms with Crippen molar-refractivity contribution in [2.75, 3.05) is 6.54 Å². The molecular weight excluding hydrogens is 232 g/mol. The number of carbonyl (C=O) groups is 2. The van der Waals surface area contributed by atoms with E-state index in [1.54, 1.807) is 20.8 Å². The van der Waals surface area contributed by atoms with E-state index < -0.39 is 11.6 Å². The Kier molecular flexibility index (Phi) is 5.14. The van der Waals surface area contributed by atoms with Crippen LogP contribution in [0.1, 0.15) is 46.5 Å². The highest BCUT2D eigenvalue weighted by atomic mass is 16.6. The van der Waals surface area contributed by atoms with Gasteiger partial charge in [0.05, 0.1) is 0 Å².